The molecule has 0 unspecified atom stereocenters. The standard InChI is InChI=1S/C19H26N2O6/c1-19(2,3)27-14(23)8-7-13(17(20)24)21-9-11-5-6-12(10-22)16(26-4)15(11)18(21)25/h5-6,13,22H,7-10H2,1-4H3,(H2,20,24)/t13-/m0/s1/i7D2,8D2,13D. The van der Waals surface area contributed by atoms with Crippen LogP contribution in [0.2, 0.25) is 0 Å². The van der Waals surface area contributed by atoms with E-state index in [2.05, 4.69) is 0 Å². The third-order valence-corrected chi connectivity index (χ3v) is 3.67. The van der Waals surface area contributed by atoms with E-state index in [1.165, 1.54) is 40.0 Å². The summed E-state index contributed by atoms with van der Waals surface area (Å²) in [5.41, 5.74) is 4.51. The molecule has 8 nitrogen and oxygen atoms in total. The second kappa shape index (κ2) is 7.96. The minimum Gasteiger partial charge on any atom is -0.496 e. The molecule has 1 aliphatic rings. The molecule has 0 fully saturated rings. The van der Waals surface area contributed by atoms with Crippen LogP contribution in [0, 0.1) is 0 Å². The van der Waals surface area contributed by atoms with Crippen molar-refractivity contribution in [2.24, 2.45) is 5.73 Å². The third kappa shape index (κ3) is 4.57. The zero-order valence-electron chi connectivity index (χ0n) is 20.6. The molecule has 2 amide bonds. The predicted octanol–water partition coefficient (Wildman–Crippen LogP) is 1.12. The molecule has 2 rings (SSSR count). The number of carbonyl (C=O) groups excluding carboxylic acids is 3. The minimum absolute atomic E-state index is 0.0277. The van der Waals surface area contributed by atoms with Gasteiger partial charge in [-0.15, -0.1) is 0 Å². The van der Waals surface area contributed by atoms with Crippen molar-refractivity contribution < 1.29 is 35.8 Å². The smallest absolute Gasteiger partial charge is 0.306 e. The molecule has 27 heavy (non-hydrogen) atoms. The van der Waals surface area contributed by atoms with Gasteiger partial charge >= 0.3 is 5.97 Å². The fourth-order valence-electron chi connectivity index (χ4n) is 2.62. The number of aliphatic hydroxyl groups excluding tert-OH is 1. The number of benzene rings is 1. The van der Waals surface area contributed by atoms with Crippen molar-refractivity contribution in [1.29, 1.82) is 0 Å². The molecule has 0 saturated carbocycles. The Labute approximate surface area is 165 Å². The topological polar surface area (TPSA) is 119 Å². The van der Waals surface area contributed by atoms with E-state index in [4.69, 9.17) is 22.1 Å². The molecule has 0 saturated heterocycles. The van der Waals surface area contributed by atoms with Crippen LogP contribution in [0.5, 0.6) is 5.75 Å². The van der Waals surface area contributed by atoms with Crippen LogP contribution in [0.3, 0.4) is 0 Å². The fourth-order valence-corrected chi connectivity index (χ4v) is 2.62. The van der Waals surface area contributed by atoms with Gasteiger partial charge in [-0.05, 0) is 32.7 Å². The number of rotatable bonds is 7. The van der Waals surface area contributed by atoms with E-state index in [9.17, 15) is 19.5 Å². The number of carbonyl (C=O) groups is 3. The van der Waals surface area contributed by atoms with Gasteiger partial charge in [-0.1, -0.05) is 12.1 Å². The monoisotopic (exact) mass is 383 g/mol. The summed E-state index contributed by atoms with van der Waals surface area (Å²) in [6.07, 6.45) is -7.16. The normalized spacial score (nSPS) is 19.7. The lowest BCUT2D eigenvalue weighted by Crippen LogP contribution is -2.45. The lowest BCUT2D eigenvalue weighted by molar-refractivity contribution is -0.155. The zero-order chi connectivity index (χ0) is 24.9. The van der Waals surface area contributed by atoms with Crippen molar-refractivity contribution in [2.75, 3.05) is 7.11 Å². The number of aliphatic hydroxyl groups is 1. The van der Waals surface area contributed by atoms with Crippen molar-refractivity contribution in [3.05, 3.63) is 28.8 Å². The van der Waals surface area contributed by atoms with Gasteiger partial charge < -0.3 is 25.2 Å². The fraction of sp³-hybridized carbons (Fsp3) is 0.526. The van der Waals surface area contributed by atoms with Crippen molar-refractivity contribution in [3.63, 3.8) is 0 Å². The molecule has 1 atom stereocenters. The molecule has 1 aliphatic heterocycles. The van der Waals surface area contributed by atoms with E-state index in [0.717, 1.165) is 0 Å². The lowest BCUT2D eigenvalue weighted by atomic mass is 10.0. The van der Waals surface area contributed by atoms with Crippen LogP contribution < -0.4 is 10.5 Å². The van der Waals surface area contributed by atoms with E-state index < -0.39 is 55.3 Å². The molecule has 1 aromatic carbocycles. The quantitative estimate of drug-likeness (QED) is 0.681. The maximum absolute atomic E-state index is 13.2. The first-order valence-corrected chi connectivity index (χ1v) is 8.12. The zero-order valence-corrected chi connectivity index (χ0v) is 15.6. The summed E-state index contributed by atoms with van der Waals surface area (Å²) < 4.78 is 51.6. The molecule has 8 heteroatoms. The van der Waals surface area contributed by atoms with Gasteiger partial charge in [0.1, 0.15) is 17.4 Å². The summed E-state index contributed by atoms with van der Waals surface area (Å²) in [6, 6.07) is -0.451. The van der Waals surface area contributed by atoms with Crippen molar-refractivity contribution >= 4 is 17.8 Å². The van der Waals surface area contributed by atoms with Gasteiger partial charge in [0, 0.05) is 24.0 Å². The molecule has 1 aromatic rings. The summed E-state index contributed by atoms with van der Waals surface area (Å²) in [5, 5.41) is 9.49. The minimum atomic E-state index is -3.63. The molecule has 0 aromatic heterocycles. The number of hydrogen-bond donors (Lipinski definition) is 2. The predicted molar refractivity (Wildman–Crippen MR) is 96.9 cm³/mol. The van der Waals surface area contributed by atoms with Crippen molar-refractivity contribution in [3.8, 4) is 5.75 Å². The van der Waals surface area contributed by atoms with Crippen molar-refractivity contribution in [2.45, 2.75) is 58.3 Å². The highest BCUT2D eigenvalue weighted by Gasteiger charge is 2.38. The van der Waals surface area contributed by atoms with Crippen LogP contribution >= 0.6 is 0 Å². The molecule has 0 radical (unpaired) electrons. The van der Waals surface area contributed by atoms with E-state index >= 15 is 0 Å². The van der Waals surface area contributed by atoms with Crippen molar-refractivity contribution in [1.82, 2.24) is 4.90 Å². The van der Waals surface area contributed by atoms with E-state index in [0.29, 0.717) is 4.90 Å². The SMILES string of the molecule is [2H]C([2H])(C(=O)OC(C)(C)C)C([2H])([2H])[C@@]([2H])(C(N)=O)N1Cc2ccc(CO)c(OC)c2C1=O. The van der Waals surface area contributed by atoms with Gasteiger partial charge in [-0.2, -0.15) is 0 Å². The maximum Gasteiger partial charge on any atom is 0.306 e. The summed E-state index contributed by atoms with van der Waals surface area (Å²) >= 11 is 0. The Kier molecular flexibility index (Phi) is 4.26. The molecule has 0 aliphatic carbocycles. The van der Waals surface area contributed by atoms with E-state index in [1.54, 1.807) is 0 Å². The average Bonchev–Trinajstić information content (AvgIpc) is 3.01. The van der Waals surface area contributed by atoms with Crippen LogP contribution in [0.1, 0.15) is 61.9 Å². The lowest BCUT2D eigenvalue weighted by Gasteiger charge is -2.26. The third-order valence-electron chi connectivity index (χ3n) is 3.67. The Hall–Kier alpha value is -2.61. The van der Waals surface area contributed by atoms with Crippen LogP contribution in [0.15, 0.2) is 12.1 Å². The van der Waals surface area contributed by atoms with Gasteiger partial charge in [0.05, 0.1) is 20.7 Å². The first-order chi connectivity index (χ1) is 14.5. The number of nitrogens with zero attached hydrogens (tertiary/aromatic N) is 1. The maximum atomic E-state index is 13.2. The van der Waals surface area contributed by atoms with Crippen LogP contribution in [0.25, 0.3) is 0 Å². The Balaban J connectivity index is 2.62. The number of methoxy groups -OCH3 is 1. The second-order valence-corrected chi connectivity index (χ2v) is 6.81. The Morgan fingerprint density at radius 2 is 2.11 bits per heavy atom. The number of nitrogens with two attached hydrogens (primary N) is 1. The molecular formula is C19H26N2O6. The highest BCUT2D eigenvalue weighted by atomic mass is 16.6. The highest BCUT2D eigenvalue weighted by Crippen LogP contribution is 2.35. The van der Waals surface area contributed by atoms with Crippen LogP contribution in [-0.2, 0) is 27.5 Å². The molecule has 148 valence electrons. The van der Waals surface area contributed by atoms with Gasteiger partial charge in [0.15, 0.2) is 0 Å². The first kappa shape index (κ1) is 14.4. The first-order valence-electron chi connectivity index (χ1n) is 10.6. The largest absolute Gasteiger partial charge is 0.496 e. The Morgan fingerprint density at radius 3 is 2.63 bits per heavy atom. The van der Waals surface area contributed by atoms with Crippen LogP contribution in [-0.4, -0.2) is 46.5 Å². The van der Waals surface area contributed by atoms with E-state index in [-0.39, 0.29) is 22.4 Å². The summed E-state index contributed by atoms with van der Waals surface area (Å²) in [7, 11) is 1.24. The number of ether oxygens (including phenoxy) is 2. The molecule has 0 spiro atoms. The number of hydrogen-bond acceptors (Lipinski definition) is 6. The second-order valence-electron chi connectivity index (χ2n) is 6.81. The van der Waals surface area contributed by atoms with Gasteiger partial charge in [-0.25, -0.2) is 0 Å². The summed E-state index contributed by atoms with van der Waals surface area (Å²) in [5.74, 6) is -4.40. The highest BCUT2D eigenvalue weighted by molar-refractivity contribution is 6.03. The summed E-state index contributed by atoms with van der Waals surface area (Å²) in [4.78, 5) is 38.5. The number of primary amides is 1. The van der Waals surface area contributed by atoms with Gasteiger partial charge in [0.2, 0.25) is 5.91 Å². The molecular weight excluding hydrogens is 352 g/mol. The number of esters is 1. The van der Waals surface area contributed by atoms with Gasteiger partial charge in [0.25, 0.3) is 5.91 Å². The Bertz CT molecular complexity index is 962. The number of amides is 2. The Morgan fingerprint density at radius 1 is 1.44 bits per heavy atom. The van der Waals surface area contributed by atoms with Crippen LogP contribution in [0.4, 0.5) is 0 Å². The molecule has 0 bridgehead atoms. The van der Waals surface area contributed by atoms with Gasteiger partial charge in [-0.3, -0.25) is 14.4 Å². The summed E-state index contributed by atoms with van der Waals surface area (Å²) in [6.45, 7) is 3.35. The average molecular weight is 383 g/mol. The number of fused-ring (bicyclic) bond motifs is 1. The molecule has 1 heterocycles. The van der Waals surface area contributed by atoms with E-state index in [1.807, 2.05) is 0 Å². The molecule has 3 N–H and O–H groups in total.